The second-order valence-corrected chi connectivity index (χ2v) is 7.70. The molecule has 6 heteroatoms. The Morgan fingerprint density at radius 1 is 1.12 bits per heavy atom. The summed E-state index contributed by atoms with van der Waals surface area (Å²) in [5.41, 5.74) is 2.36. The van der Waals surface area contributed by atoms with Gasteiger partial charge < -0.3 is 19.7 Å². The average molecular weight is 370 g/mol. The highest BCUT2D eigenvalue weighted by atomic mass is 32.2. The Labute approximate surface area is 157 Å². The zero-order chi connectivity index (χ0) is 17.8. The lowest BCUT2D eigenvalue weighted by Crippen LogP contribution is -2.40. The van der Waals surface area contributed by atoms with Gasteiger partial charge in [0.1, 0.15) is 0 Å². The molecule has 2 heterocycles. The Morgan fingerprint density at radius 3 is 2.85 bits per heavy atom. The molecule has 2 aromatic rings. The lowest BCUT2D eigenvalue weighted by molar-refractivity contribution is 0.174. The van der Waals surface area contributed by atoms with E-state index in [1.807, 2.05) is 53.1 Å². The summed E-state index contributed by atoms with van der Waals surface area (Å²) in [4.78, 5) is 14.4. The van der Waals surface area contributed by atoms with Crippen LogP contribution in [0.25, 0.3) is 0 Å². The summed E-state index contributed by atoms with van der Waals surface area (Å²) in [7, 11) is 0. The molecule has 0 aliphatic carbocycles. The van der Waals surface area contributed by atoms with Gasteiger partial charge in [-0.15, -0.1) is 0 Å². The number of nitrogens with zero attached hydrogens (tertiary/aromatic N) is 1. The molecule has 0 bridgehead atoms. The van der Waals surface area contributed by atoms with Crippen molar-refractivity contribution in [2.75, 3.05) is 25.6 Å². The van der Waals surface area contributed by atoms with Crippen LogP contribution in [-0.2, 0) is 6.54 Å². The Hall–Kier alpha value is -2.34. The van der Waals surface area contributed by atoms with E-state index in [0.29, 0.717) is 18.6 Å². The summed E-state index contributed by atoms with van der Waals surface area (Å²) in [5.74, 6) is 2.57. The minimum atomic E-state index is 0.0146. The van der Waals surface area contributed by atoms with Crippen molar-refractivity contribution in [2.45, 2.75) is 18.2 Å². The lowest BCUT2D eigenvalue weighted by atomic mass is 10.1. The number of thioether (sulfide) groups is 1. The molecule has 4 rings (SSSR count). The van der Waals surface area contributed by atoms with Crippen molar-refractivity contribution in [3.8, 4) is 11.5 Å². The fourth-order valence-electron chi connectivity index (χ4n) is 3.24. The second kappa shape index (κ2) is 7.91. The first kappa shape index (κ1) is 17.1. The van der Waals surface area contributed by atoms with Crippen LogP contribution in [-0.4, -0.2) is 36.6 Å². The molecule has 26 heavy (non-hydrogen) atoms. The van der Waals surface area contributed by atoms with Gasteiger partial charge in [-0.1, -0.05) is 36.4 Å². The molecular weight excluding hydrogens is 348 g/mol. The van der Waals surface area contributed by atoms with Gasteiger partial charge >= 0.3 is 6.03 Å². The molecule has 1 fully saturated rings. The van der Waals surface area contributed by atoms with Gasteiger partial charge in [-0.05, 0) is 29.7 Å². The van der Waals surface area contributed by atoms with Gasteiger partial charge in [0.05, 0.1) is 0 Å². The molecular formula is C20H22N2O3S. The molecule has 0 radical (unpaired) electrons. The van der Waals surface area contributed by atoms with E-state index >= 15 is 0 Å². The molecule has 2 amide bonds. The highest BCUT2D eigenvalue weighted by molar-refractivity contribution is 7.99. The maximum atomic E-state index is 12.5. The molecule has 1 saturated heterocycles. The number of carbonyl (C=O) groups excluding carboxylic acids is 1. The van der Waals surface area contributed by atoms with Crippen LogP contribution in [0.1, 0.15) is 22.8 Å². The largest absolute Gasteiger partial charge is 0.454 e. The fourth-order valence-corrected chi connectivity index (χ4v) is 4.46. The van der Waals surface area contributed by atoms with Crippen molar-refractivity contribution in [1.29, 1.82) is 0 Å². The summed E-state index contributed by atoms with van der Waals surface area (Å²) >= 11 is 1.90. The molecule has 1 atom stereocenters. The molecule has 2 aliphatic heterocycles. The molecule has 1 unspecified atom stereocenters. The molecule has 2 aliphatic rings. The number of rotatable bonds is 3. The van der Waals surface area contributed by atoms with Gasteiger partial charge in [0.2, 0.25) is 6.79 Å². The second-order valence-electron chi connectivity index (χ2n) is 6.39. The standard InChI is InChI=1S/C20H22N2O3S/c23-20(21-13-15-4-2-1-3-5-15)22-9-8-19(26-11-10-22)16-6-7-17-18(12-16)25-14-24-17/h1-7,12,19H,8-11,13-14H2,(H,21,23). The number of benzene rings is 2. The van der Waals surface area contributed by atoms with E-state index < -0.39 is 0 Å². The first-order chi connectivity index (χ1) is 12.8. The van der Waals surface area contributed by atoms with E-state index in [2.05, 4.69) is 17.4 Å². The number of hydrogen-bond donors (Lipinski definition) is 1. The van der Waals surface area contributed by atoms with E-state index in [1.54, 1.807) is 0 Å². The Morgan fingerprint density at radius 2 is 1.96 bits per heavy atom. The summed E-state index contributed by atoms with van der Waals surface area (Å²) in [5, 5.41) is 3.40. The van der Waals surface area contributed by atoms with E-state index in [9.17, 15) is 4.79 Å². The number of amides is 2. The lowest BCUT2D eigenvalue weighted by Gasteiger charge is -2.21. The third-order valence-electron chi connectivity index (χ3n) is 4.68. The van der Waals surface area contributed by atoms with E-state index in [-0.39, 0.29) is 6.03 Å². The van der Waals surface area contributed by atoms with Crippen LogP contribution < -0.4 is 14.8 Å². The van der Waals surface area contributed by atoms with Crippen LogP contribution >= 0.6 is 11.8 Å². The van der Waals surface area contributed by atoms with E-state index in [1.165, 1.54) is 5.56 Å². The highest BCUT2D eigenvalue weighted by Crippen LogP contribution is 2.40. The molecule has 0 saturated carbocycles. The summed E-state index contributed by atoms with van der Waals surface area (Å²) in [6, 6.07) is 16.2. The Balaban J connectivity index is 1.33. The van der Waals surface area contributed by atoms with Gasteiger partial charge in [-0.25, -0.2) is 4.79 Å². The smallest absolute Gasteiger partial charge is 0.317 e. The van der Waals surface area contributed by atoms with Crippen molar-refractivity contribution in [3.63, 3.8) is 0 Å². The van der Waals surface area contributed by atoms with Crippen LogP contribution in [0.15, 0.2) is 48.5 Å². The first-order valence-electron chi connectivity index (χ1n) is 8.87. The number of fused-ring (bicyclic) bond motifs is 1. The average Bonchev–Trinajstić information content (AvgIpc) is 3.01. The van der Waals surface area contributed by atoms with Crippen molar-refractivity contribution in [3.05, 3.63) is 59.7 Å². The molecule has 2 aromatic carbocycles. The summed E-state index contributed by atoms with van der Waals surface area (Å²) in [6.45, 7) is 2.39. The highest BCUT2D eigenvalue weighted by Gasteiger charge is 2.23. The maximum Gasteiger partial charge on any atom is 0.317 e. The maximum absolute atomic E-state index is 12.5. The molecule has 136 valence electrons. The minimum absolute atomic E-state index is 0.0146. The number of urea groups is 1. The van der Waals surface area contributed by atoms with Crippen molar-refractivity contribution < 1.29 is 14.3 Å². The van der Waals surface area contributed by atoms with Crippen molar-refractivity contribution >= 4 is 17.8 Å². The minimum Gasteiger partial charge on any atom is -0.454 e. The monoisotopic (exact) mass is 370 g/mol. The van der Waals surface area contributed by atoms with Gasteiger partial charge in [-0.2, -0.15) is 11.8 Å². The van der Waals surface area contributed by atoms with Crippen LogP contribution in [0.4, 0.5) is 4.79 Å². The predicted molar refractivity (Wildman–Crippen MR) is 103 cm³/mol. The Kier molecular flexibility index (Phi) is 5.20. The van der Waals surface area contributed by atoms with Crippen molar-refractivity contribution in [1.82, 2.24) is 10.2 Å². The first-order valence-corrected chi connectivity index (χ1v) is 9.92. The Bertz CT molecular complexity index is 769. The van der Waals surface area contributed by atoms with Gasteiger partial charge in [-0.3, -0.25) is 0 Å². The third kappa shape index (κ3) is 3.90. The number of ether oxygens (including phenoxy) is 2. The summed E-state index contributed by atoms with van der Waals surface area (Å²) in [6.07, 6.45) is 0.934. The van der Waals surface area contributed by atoms with Gasteiger partial charge in [0, 0.05) is 30.6 Å². The molecule has 5 nitrogen and oxygen atoms in total. The quantitative estimate of drug-likeness (QED) is 0.893. The van der Waals surface area contributed by atoms with E-state index in [4.69, 9.17) is 9.47 Å². The van der Waals surface area contributed by atoms with Crippen LogP contribution in [0, 0.1) is 0 Å². The number of carbonyl (C=O) groups is 1. The van der Waals surface area contributed by atoms with Crippen molar-refractivity contribution in [2.24, 2.45) is 0 Å². The fraction of sp³-hybridized carbons (Fsp3) is 0.350. The van der Waals surface area contributed by atoms with Crippen LogP contribution in [0.3, 0.4) is 0 Å². The SMILES string of the molecule is O=C(NCc1ccccc1)N1CCSC(c2ccc3c(c2)OCO3)CC1. The van der Waals surface area contributed by atoms with E-state index in [0.717, 1.165) is 42.3 Å². The normalized spacial score (nSPS) is 19.1. The third-order valence-corrected chi connectivity index (χ3v) is 6.01. The summed E-state index contributed by atoms with van der Waals surface area (Å²) < 4.78 is 10.9. The number of hydrogen-bond acceptors (Lipinski definition) is 4. The zero-order valence-electron chi connectivity index (χ0n) is 14.5. The van der Waals surface area contributed by atoms with Crippen LogP contribution in [0.2, 0.25) is 0 Å². The topological polar surface area (TPSA) is 50.8 Å². The number of nitrogens with one attached hydrogen (secondary N) is 1. The van der Waals surface area contributed by atoms with Crippen LogP contribution in [0.5, 0.6) is 11.5 Å². The molecule has 0 aromatic heterocycles. The molecule has 1 N–H and O–H groups in total. The van der Waals surface area contributed by atoms with Gasteiger partial charge in [0.15, 0.2) is 11.5 Å². The van der Waals surface area contributed by atoms with Gasteiger partial charge in [0.25, 0.3) is 0 Å². The predicted octanol–water partition coefficient (Wildman–Crippen LogP) is 3.81. The molecule has 0 spiro atoms. The zero-order valence-corrected chi connectivity index (χ0v) is 15.3.